The number of nitrogens with one attached hydrogen (secondary N) is 1. The molecule has 0 radical (unpaired) electrons. The van der Waals surface area contributed by atoms with Gasteiger partial charge in [-0.05, 0) is 24.7 Å². The van der Waals surface area contributed by atoms with E-state index < -0.39 is 5.41 Å². The van der Waals surface area contributed by atoms with E-state index in [1.54, 1.807) is 0 Å². The van der Waals surface area contributed by atoms with Crippen LogP contribution in [-0.2, 0) is 4.79 Å². The maximum absolute atomic E-state index is 12.2. The van der Waals surface area contributed by atoms with Crippen LogP contribution in [0.2, 0.25) is 0 Å². The van der Waals surface area contributed by atoms with Gasteiger partial charge in [-0.25, -0.2) is 0 Å². The van der Waals surface area contributed by atoms with E-state index >= 15 is 0 Å². The Kier molecular flexibility index (Phi) is 3.62. The largest absolute Gasteiger partial charge is 0.392 e. The number of thiocarbonyl (C=S) groups is 1. The molecule has 1 unspecified atom stereocenters. The Morgan fingerprint density at radius 3 is 2.19 bits per heavy atom. The third-order valence-electron chi connectivity index (χ3n) is 3.93. The first kappa shape index (κ1) is 13.4. The first-order valence-corrected chi connectivity index (χ1v) is 6.32. The van der Waals surface area contributed by atoms with E-state index in [4.69, 9.17) is 18.0 Å². The van der Waals surface area contributed by atoms with Crippen molar-refractivity contribution in [3.05, 3.63) is 0 Å². The molecule has 1 saturated carbocycles. The maximum atomic E-state index is 12.2. The zero-order valence-corrected chi connectivity index (χ0v) is 11.4. The summed E-state index contributed by atoms with van der Waals surface area (Å²) >= 11 is 5.05. The normalized spacial score (nSPS) is 22.6. The molecule has 0 heterocycles. The van der Waals surface area contributed by atoms with Crippen LogP contribution in [0, 0.1) is 10.8 Å². The van der Waals surface area contributed by atoms with Gasteiger partial charge in [0.15, 0.2) is 0 Å². The Morgan fingerprint density at radius 2 is 1.94 bits per heavy atom. The van der Waals surface area contributed by atoms with Crippen molar-refractivity contribution in [3.63, 3.8) is 0 Å². The second-order valence-electron chi connectivity index (χ2n) is 5.37. The van der Waals surface area contributed by atoms with Crippen LogP contribution in [0.4, 0.5) is 0 Å². The summed E-state index contributed by atoms with van der Waals surface area (Å²) in [4.78, 5) is 12.5. The topological polar surface area (TPSA) is 55.1 Å². The average Bonchev–Trinajstić information content (AvgIpc) is 2.75. The third kappa shape index (κ3) is 2.21. The number of carbonyl (C=O) groups is 1. The van der Waals surface area contributed by atoms with Crippen LogP contribution in [0.1, 0.15) is 47.0 Å². The van der Waals surface area contributed by atoms with Crippen LogP contribution in [0.3, 0.4) is 0 Å². The molecule has 1 aliphatic carbocycles. The molecule has 4 heteroatoms. The molecule has 0 aromatic rings. The van der Waals surface area contributed by atoms with Gasteiger partial charge in [0.1, 0.15) is 0 Å². The van der Waals surface area contributed by atoms with Gasteiger partial charge in [-0.3, -0.25) is 4.79 Å². The van der Waals surface area contributed by atoms with Gasteiger partial charge in [0.05, 0.1) is 10.4 Å². The minimum atomic E-state index is -0.659. The number of hydrogen-bond acceptors (Lipinski definition) is 2. The number of rotatable bonds is 5. The summed E-state index contributed by atoms with van der Waals surface area (Å²) in [5, 5.41) is 3.06. The first-order chi connectivity index (χ1) is 7.30. The van der Waals surface area contributed by atoms with E-state index in [0.717, 1.165) is 6.42 Å². The van der Waals surface area contributed by atoms with Crippen molar-refractivity contribution in [2.45, 2.75) is 53.0 Å². The Bertz CT molecular complexity index is 308. The molecule has 92 valence electrons. The molecule has 1 amide bonds. The lowest BCUT2D eigenvalue weighted by Crippen LogP contribution is -2.49. The highest BCUT2D eigenvalue weighted by molar-refractivity contribution is 7.80. The van der Waals surface area contributed by atoms with Crippen molar-refractivity contribution in [3.8, 4) is 0 Å². The quantitative estimate of drug-likeness (QED) is 0.725. The SMILES string of the molecule is CCC(CC)(C(=O)NC1CC1(C)C)C(N)=S. The number of nitrogens with two attached hydrogens (primary N) is 1. The monoisotopic (exact) mass is 242 g/mol. The second kappa shape index (κ2) is 4.32. The van der Waals surface area contributed by atoms with E-state index in [-0.39, 0.29) is 17.4 Å². The standard InChI is InChI=1S/C12H22N2OS/c1-5-12(6-2,9(13)16)10(15)14-8-7-11(8,3)4/h8H,5-7H2,1-4H3,(H2,13,16)(H,14,15). The number of carbonyl (C=O) groups excluding carboxylic acids is 1. The first-order valence-electron chi connectivity index (χ1n) is 5.91. The van der Waals surface area contributed by atoms with Gasteiger partial charge >= 0.3 is 0 Å². The number of amides is 1. The third-order valence-corrected chi connectivity index (χ3v) is 4.32. The molecular weight excluding hydrogens is 220 g/mol. The van der Waals surface area contributed by atoms with Crippen LogP contribution < -0.4 is 11.1 Å². The minimum absolute atomic E-state index is 0.000532. The van der Waals surface area contributed by atoms with E-state index in [1.165, 1.54) is 0 Å². The van der Waals surface area contributed by atoms with Crippen molar-refractivity contribution in [1.82, 2.24) is 5.32 Å². The van der Waals surface area contributed by atoms with E-state index in [1.807, 2.05) is 13.8 Å². The van der Waals surface area contributed by atoms with Gasteiger partial charge in [-0.1, -0.05) is 39.9 Å². The fourth-order valence-corrected chi connectivity index (χ4v) is 2.42. The summed E-state index contributed by atoms with van der Waals surface area (Å²) in [5.74, 6) is 0.000532. The molecule has 0 aromatic carbocycles. The fourth-order valence-electron chi connectivity index (χ4n) is 2.04. The Hall–Kier alpha value is -0.640. The summed E-state index contributed by atoms with van der Waals surface area (Å²) in [6.45, 7) is 8.22. The highest BCUT2D eigenvalue weighted by atomic mass is 32.1. The Labute approximate surface area is 103 Å². The second-order valence-corrected chi connectivity index (χ2v) is 5.81. The molecule has 0 saturated heterocycles. The molecule has 0 aromatic heterocycles. The summed E-state index contributed by atoms with van der Waals surface area (Å²) < 4.78 is 0. The molecule has 1 fully saturated rings. The summed E-state index contributed by atoms with van der Waals surface area (Å²) in [5.41, 5.74) is 5.30. The van der Waals surface area contributed by atoms with Crippen LogP contribution in [0.15, 0.2) is 0 Å². The lowest BCUT2D eigenvalue weighted by atomic mass is 9.81. The van der Waals surface area contributed by atoms with E-state index in [0.29, 0.717) is 17.8 Å². The molecule has 0 spiro atoms. The maximum Gasteiger partial charge on any atom is 0.233 e. The van der Waals surface area contributed by atoms with Crippen LogP contribution in [0.25, 0.3) is 0 Å². The molecule has 3 nitrogen and oxygen atoms in total. The number of hydrogen-bond donors (Lipinski definition) is 2. The molecule has 1 atom stereocenters. The molecule has 0 bridgehead atoms. The average molecular weight is 242 g/mol. The van der Waals surface area contributed by atoms with Gasteiger partial charge in [0.2, 0.25) is 5.91 Å². The van der Waals surface area contributed by atoms with E-state index in [2.05, 4.69) is 19.2 Å². The summed E-state index contributed by atoms with van der Waals surface area (Å²) in [6, 6.07) is 0.284. The van der Waals surface area contributed by atoms with Gasteiger partial charge < -0.3 is 11.1 Å². The van der Waals surface area contributed by atoms with Gasteiger partial charge in [0.25, 0.3) is 0 Å². The zero-order valence-electron chi connectivity index (χ0n) is 10.6. The molecule has 0 aliphatic heterocycles. The lowest BCUT2D eigenvalue weighted by Gasteiger charge is -2.29. The van der Waals surface area contributed by atoms with Crippen molar-refractivity contribution >= 4 is 23.1 Å². The Morgan fingerprint density at radius 1 is 1.50 bits per heavy atom. The van der Waals surface area contributed by atoms with Crippen LogP contribution in [0.5, 0.6) is 0 Å². The van der Waals surface area contributed by atoms with Crippen molar-refractivity contribution < 1.29 is 4.79 Å². The van der Waals surface area contributed by atoms with E-state index in [9.17, 15) is 4.79 Å². The Balaban J connectivity index is 2.73. The highest BCUT2D eigenvalue weighted by Crippen LogP contribution is 2.45. The van der Waals surface area contributed by atoms with Gasteiger partial charge in [-0.2, -0.15) is 0 Å². The van der Waals surface area contributed by atoms with Crippen LogP contribution >= 0.6 is 12.2 Å². The van der Waals surface area contributed by atoms with Gasteiger partial charge in [0, 0.05) is 6.04 Å². The predicted octanol–water partition coefficient (Wildman–Crippen LogP) is 1.99. The summed E-state index contributed by atoms with van der Waals surface area (Å²) in [6.07, 6.45) is 2.37. The highest BCUT2D eigenvalue weighted by Gasteiger charge is 2.49. The molecule has 1 rings (SSSR count). The van der Waals surface area contributed by atoms with Crippen LogP contribution in [-0.4, -0.2) is 16.9 Å². The van der Waals surface area contributed by atoms with Crippen molar-refractivity contribution in [2.75, 3.05) is 0 Å². The van der Waals surface area contributed by atoms with Gasteiger partial charge in [-0.15, -0.1) is 0 Å². The molecule has 3 N–H and O–H groups in total. The lowest BCUT2D eigenvalue weighted by molar-refractivity contribution is -0.128. The molecule has 16 heavy (non-hydrogen) atoms. The fraction of sp³-hybridized carbons (Fsp3) is 0.833. The smallest absolute Gasteiger partial charge is 0.233 e. The van der Waals surface area contributed by atoms with Crippen molar-refractivity contribution in [1.29, 1.82) is 0 Å². The zero-order chi connectivity index (χ0) is 12.6. The molecule has 1 aliphatic rings. The minimum Gasteiger partial charge on any atom is -0.392 e. The summed E-state index contributed by atoms with van der Waals surface area (Å²) in [7, 11) is 0. The molecular formula is C12H22N2OS. The predicted molar refractivity (Wildman–Crippen MR) is 70.1 cm³/mol. The van der Waals surface area contributed by atoms with Crippen molar-refractivity contribution in [2.24, 2.45) is 16.6 Å².